The highest BCUT2D eigenvalue weighted by molar-refractivity contribution is 6.07. The van der Waals surface area contributed by atoms with Crippen LogP contribution in [0.5, 0.6) is 11.5 Å². The van der Waals surface area contributed by atoms with E-state index in [0.29, 0.717) is 23.5 Å². The summed E-state index contributed by atoms with van der Waals surface area (Å²) in [5.74, 6) is 0.838. The lowest BCUT2D eigenvalue weighted by Gasteiger charge is -2.34. The number of carbonyl (C=O) groups is 1. The number of fused-ring (bicyclic) bond motifs is 1. The second kappa shape index (κ2) is 8.15. The molecule has 2 aliphatic rings. The third-order valence-corrected chi connectivity index (χ3v) is 6.30. The first kappa shape index (κ1) is 19.9. The van der Waals surface area contributed by atoms with E-state index in [-0.39, 0.29) is 12.3 Å². The van der Waals surface area contributed by atoms with Crippen molar-refractivity contribution >= 4 is 5.78 Å². The molecule has 1 unspecified atom stereocenters. The maximum absolute atomic E-state index is 15.8. The smallest absolute Gasteiger partial charge is 0.200 e. The van der Waals surface area contributed by atoms with Crippen LogP contribution in [0.15, 0.2) is 42.5 Å². The van der Waals surface area contributed by atoms with E-state index < -0.39 is 11.5 Å². The summed E-state index contributed by atoms with van der Waals surface area (Å²) in [5.41, 5.74) is 0.645. The van der Waals surface area contributed by atoms with Gasteiger partial charge >= 0.3 is 0 Å². The van der Waals surface area contributed by atoms with Crippen molar-refractivity contribution < 1.29 is 18.7 Å². The van der Waals surface area contributed by atoms with Gasteiger partial charge in [-0.2, -0.15) is 0 Å². The number of hydrogen-bond donors (Lipinski definition) is 0. The Kier molecular flexibility index (Phi) is 5.59. The molecule has 29 heavy (non-hydrogen) atoms. The Morgan fingerprint density at radius 2 is 1.72 bits per heavy atom. The van der Waals surface area contributed by atoms with Crippen LogP contribution in [0.2, 0.25) is 0 Å². The van der Waals surface area contributed by atoms with Gasteiger partial charge < -0.3 is 9.47 Å². The largest absolute Gasteiger partial charge is 0.493 e. The van der Waals surface area contributed by atoms with E-state index in [0.717, 1.165) is 38.0 Å². The number of piperidine rings is 1. The summed E-state index contributed by atoms with van der Waals surface area (Å²) in [6.45, 7) is 2.81. The molecule has 1 fully saturated rings. The van der Waals surface area contributed by atoms with Gasteiger partial charge in [-0.3, -0.25) is 9.69 Å². The van der Waals surface area contributed by atoms with Crippen molar-refractivity contribution in [3.8, 4) is 11.5 Å². The second-order valence-electron chi connectivity index (χ2n) is 8.24. The van der Waals surface area contributed by atoms with Crippen LogP contribution in [-0.4, -0.2) is 43.7 Å². The maximum Gasteiger partial charge on any atom is 0.200 e. The molecule has 4 rings (SSSR count). The summed E-state index contributed by atoms with van der Waals surface area (Å²) >= 11 is 0. The third-order valence-electron chi connectivity index (χ3n) is 6.30. The molecule has 1 saturated heterocycles. The number of alkyl halides is 1. The Bertz CT molecular complexity index is 877. The molecular weight excluding hydrogens is 369 g/mol. The third kappa shape index (κ3) is 4.01. The van der Waals surface area contributed by atoms with E-state index in [1.165, 1.54) is 12.7 Å². The Balaban J connectivity index is 1.39. The summed E-state index contributed by atoms with van der Waals surface area (Å²) in [6.07, 6.45) is 2.28. The fourth-order valence-electron chi connectivity index (χ4n) is 4.71. The summed E-state index contributed by atoms with van der Waals surface area (Å²) in [7, 11) is 3.07. The molecule has 1 heterocycles. The minimum absolute atomic E-state index is 0.131. The number of ketones is 1. The molecule has 0 radical (unpaired) electrons. The fourth-order valence-corrected chi connectivity index (χ4v) is 4.71. The van der Waals surface area contributed by atoms with Gasteiger partial charge in [0.1, 0.15) is 0 Å². The van der Waals surface area contributed by atoms with Gasteiger partial charge in [0, 0.05) is 18.5 Å². The first-order valence-corrected chi connectivity index (χ1v) is 10.3. The average Bonchev–Trinajstić information content (AvgIpc) is 2.98. The molecule has 0 bridgehead atoms. The number of carbonyl (C=O) groups excluding carboxylic acids is 1. The lowest BCUT2D eigenvalue weighted by molar-refractivity contribution is 0.0587. The number of ether oxygens (including phenoxy) is 2. The zero-order valence-electron chi connectivity index (χ0n) is 17.1. The van der Waals surface area contributed by atoms with Crippen LogP contribution in [0.3, 0.4) is 0 Å². The van der Waals surface area contributed by atoms with Gasteiger partial charge in [-0.05, 0) is 61.5 Å². The molecule has 0 spiro atoms. The molecule has 0 saturated carbocycles. The molecule has 0 amide bonds. The first-order chi connectivity index (χ1) is 14.0. The maximum atomic E-state index is 15.8. The molecule has 2 aromatic rings. The van der Waals surface area contributed by atoms with Crippen LogP contribution in [0.1, 0.15) is 40.7 Å². The first-order valence-electron chi connectivity index (χ1n) is 10.3. The molecule has 0 aromatic heterocycles. The van der Waals surface area contributed by atoms with Crippen LogP contribution in [-0.2, 0) is 13.0 Å². The molecule has 1 aliphatic carbocycles. The number of hydrogen-bond acceptors (Lipinski definition) is 4. The summed E-state index contributed by atoms with van der Waals surface area (Å²) in [4.78, 5) is 15.3. The normalized spacial score (nSPS) is 22.5. The van der Waals surface area contributed by atoms with E-state index in [1.807, 2.05) is 6.07 Å². The zero-order chi connectivity index (χ0) is 20.4. The monoisotopic (exact) mass is 397 g/mol. The molecule has 1 atom stereocenters. The summed E-state index contributed by atoms with van der Waals surface area (Å²) in [5, 5.41) is 0. The van der Waals surface area contributed by atoms with E-state index in [4.69, 9.17) is 9.47 Å². The van der Waals surface area contributed by atoms with Crippen LogP contribution in [0.25, 0.3) is 0 Å². The van der Waals surface area contributed by atoms with Crippen molar-refractivity contribution in [1.29, 1.82) is 0 Å². The number of benzene rings is 2. The van der Waals surface area contributed by atoms with Crippen molar-refractivity contribution in [3.63, 3.8) is 0 Å². The van der Waals surface area contributed by atoms with Gasteiger partial charge in [0.15, 0.2) is 17.2 Å². The molecular formula is C24H28FNO3. The van der Waals surface area contributed by atoms with E-state index in [2.05, 4.69) is 29.2 Å². The Morgan fingerprint density at radius 3 is 2.38 bits per heavy atom. The van der Waals surface area contributed by atoms with E-state index >= 15 is 4.39 Å². The standard InChI is InChI=1S/C24H28FNO3/c1-28-21-12-19-15-24(25,23(27)20(19)13-22(21)29-2)14-17-8-10-26(11-9-17)16-18-6-4-3-5-7-18/h3-7,12-13,17H,8-11,14-16H2,1-2H3. The Hall–Kier alpha value is -2.40. The number of nitrogens with zero attached hydrogens (tertiary/aromatic N) is 1. The Morgan fingerprint density at radius 1 is 1.07 bits per heavy atom. The molecule has 0 N–H and O–H groups in total. The van der Waals surface area contributed by atoms with Crippen molar-refractivity contribution in [3.05, 3.63) is 59.2 Å². The van der Waals surface area contributed by atoms with Gasteiger partial charge in [-0.25, -0.2) is 4.39 Å². The van der Waals surface area contributed by atoms with Gasteiger partial charge in [-0.15, -0.1) is 0 Å². The molecule has 4 nitrogen and oxygen atoms in total. The molecule has 5 heteroatoms. The highest BCUT2D eigenvalue weighted by Crippen LogP contribution is 2.43. The van der Waals surface area contributed by atoms with Crippen molar-refractivity contribution in [2.45, 2.75) is 37.9 Å². The molecule has 2 aromatic carbocycles. The lowest BCUT2D eigenvalue weighted by atomic mass is 9.83. The number of Topliss-reactive ketones (excluding diaryl/α,β-unsaturated/α-hetero) is 1. The topological polar surface area (TPSA) is 38.8 Å². The predicted molar refractivity (Wildman–Crippen MR) is 110 cm³/mol. The van der Waals surface area contributed by atoms with Gasteiger partial charge in [0.2, 0.25) is 5.78 Å². The number of methoxy groups -OCH3 is 2. The van der Waals surface area contributed by atoms with Crippen LogP contribution >= 0.6 is 0 Å². The summed E-state index contributed by atoms with van der Waals surface area (Å²) < 4.78 is 26.3. The van der Waals surface area contributed by atoms with Crippen molar-refractivity contribution in [2.24, 2.45) is 5.92 Å². The Labute approximate surface area is 171 Å². The number of rotatable bonds is 6. The van der Waals surface area contributed by atoms with E-state index in [1.54, 1.807) is 19.2 Å². The zero-order valence-corrected chi connectivity index (χ0v) is 17.1. The van der Waals surface area contributed by atoms with Gasteiger partial charge in [-0.1, -0.05) is 30.3 Å². The van der Waals surface area contributed by atoms with E-state index in [9.17, 15) is 4.79 Å². The summed E-state index contributed by atoms with van der Waals surface area (Å²) in [6, 6.07) is 13.8. The minimum atomic E-state index is -1.81. The highest BCUT2D eigenvalue weighted by Gasteiger charge is 2.48. The van der Waals surface area contributed by atoms with Crippen molar-refractivity contribution in [2.75, 3.05) is 27.3 Å². The number of likely N-dealkylation sites (tertiary alicyclic amines) is 1. The minimum Gasteiger partial charge on any atom is -0.493 e. The predicted octanol–water partition coefficient (Wildman–Crippen LogP) is 4.45. The van der Waals surface area contributed by atoms with Gasteiger partial charge in [0.25, 0.3) is 0 Å². The van der Waals surface area contributed by atoms with Crippen LogP contribution in [0, 0.1) is 5.92 Å². The average molecular weight is 397 g/mol. The quantitative estimate of drug-likeness (QED) is 0.722. The number of halogens is 1. The van der Waals surface area contributed by atoms with Crippen molar-refractivity contribution in [1.82, 2.24) is 4.90 Å². The SMILES string of the molecule is COc1cc2c(cc1OC)C(=O)C(F)(CC1CCN(Cc3ccccc3)CC1)C2. The molecule has 154 valence electrons. The second-order valence-corrected chi connectivity index (χ2v) is 8.24. The lowest BCUT2D eigenvalue weighted by Crippen LogP contribution is -2.38. The fraction of sp³-hybridized carbons (Fsp3) is 0.458. The molecule has 1 aliphatic heterocycles. The highest BCUT2D eigenvalue weighted by atomic mass is 19.1. The van der Waals surface area contributed by atoms with Crippen LogP contribution < -0.4 is 9.47 Å². The van der Waals surface area contributed by atoms with Crippen LogP contribution in [0.4, 0.5) is 4.39 Å². The van der Waals surface area contributed by atoms with Gasteiger partial charge in [0.05, 0.1) is 14.2 Å².